The van der Waals surface area contributed by atoms with E-state index in [0.717, 1.165) is 49.8 Å². The highest BCUT2D eigenvalue weighted by Gasteiger charge is 2.38. The molecule has 39 heavy (non-hydrogen) atoms. The fourth-order valence-electron chi connectivity index (χ4n) is 6.77. The van der Waals surface area contributed by atoms with E-state index >= 15 is 4.39 Å². The van der Waals surface area contributed by atoms with E-state index in [1.165, 1.54) is 0 Å². The summed E-state index contributed by atoms with van der Waals surface area (Å²) < 4.78 is 22.8. The summed E-state index contributed by atoms with van der Waals surface area (Å²) in [5.74, 6) is 0.147. The van der Waals surface area contributed by atoms with Crippen LogP contribution in [0.1, 0.15) is 19.8 Å². The minimum atomic E-state index is -0.547. The molecule has 2 atom stereocenters. The number of hydrogen-bond acceptors (Lipinski definition) is 7. The van der Waals surface area contributed by atoms with Crippen LogP contribution in [-0.4, -0.2) is 71.9 Å². The van der Waals surface area contributed by atoms with Crippen molar-refractivity contribution in [2.24, 2.45) is 5.41 Å². The highest BCUT2D eigenvalue weighted by atomic mass is 35.5. The molecule has 3 aliphatic heterocycles. The van der Waals surface area contributed by atoms with Gasteiger partial charge < -0.3 is 25.0 Å². The molecule has 2 unspecified atom stereocenters. The van der Waals surface area contributed by atoms with Crippen molar-refractivity contribution in [3.63, 3.8) is 0 Å². The zero-order chi connectivity index (χ0) is 26.9. The Kier molecular flexibility index (Phi) is 5.84. The third-order valence-electron chi connectivity index (χ3n) is 8.33. The molecule has 4 aromatic rings. The Morgan fingerprint density at radius 1 is 1.10 bits per heavy atom. The summed E-state index contributed by atoms with van der Waals surface area (Å²) in [5, 5.41) is 16.5. The van der Waals surface area contributed by atoms with Crippen molar-refractivity contribution in [2.45, 2.75) is 31.8 Å². The fourth-order valence-corrected chi connectivity index (χ4v) is 7.06. The number of hydrogen-bond donors (Lipinski definition) is 2. The quantitative estimate of drug-likeness (QED) is 0.355. The highest BCUT2D eigenvalue weighted by molar-refractivity contribution is 6.35. The van der Waals surface area contributed by atoms with Gasteiger partial charge in [0.1, 0.15) is 17.1 Å². The number of rotatable bonds is 5. The molecular weight excluding hydrogens is 517 g/mol. The lowest BCUT2D eigenvalue weighted by Gasteiger charge is -2.45. The normalized spacial score (nSPS) is 22.4. The number of benzene rings is 3. The number of aromatic hydroxyl groups is 1. The zero-order valence-corrected chi connectivity index (χ0v) is 22.8. The molecule has 2 N–H and O–H groups in total. The monoisotopic (exact) mass is 547 g/mol. The molecule has 0 radical (unpaired) electrons. The van der Waals surface area contributed by atoms with Crippen molar-refractivity contribution in [2.75, 3.05) is 44.7 Å². The number of nitrogens with zero attached hydrogens (tertiary/aromatic N) is 4. The third-order valence-corrected chi connectivity index (χ3v) is 8.63. The van der Waals surface area contributed by atoms with E-state index < -0.39 is 5.82 Å². The second-order valence-corrected chi connectivity index (χ2v) is 12.2. The molecular formula is C30H31ClFN5O2. The van der Waals surface area contributed by atoms with Crippen molar-refractivity contribution < 1.29 is 14.2 Å². The van der Waals surface area contributed by atoms with Gasteiger partial charge in [-0.1, -0.05) is 42.8 Å². The molecule has 3 fully saturated rings. The topological polar surface area (TPSA) is 73.8 Å². The Balaban J connectivity index is 1.39. The first-order valence-electron chi connectivity index (χ1n) is 13.5. The van der Waals surface area contributed by atoms with E-state index in [4.69, 9.17) is 21.3 Å². The first-order valence-corrected chi connectivity index (χ1v) is 13.9. The van der Waals surface area contributed by atoms with E-state index in [2.05, 4.69) is 34.1 Å². The summed E-state index contributed by atoms with van der Waals surface area (Å²) in [6.45, 7) is 6.04. The maximum Gasteiger partial charge on any atom is 0.319 e. The van der Waals surface area contributed by atoms with Crippen molar-refractivity contribution in [1.82, 2.24) is 20.2 Å². The molecule has 7 rings (SSSR count). The number of piperazine rings is 1. The van der Waals surface area contributed by atoms with Crippen LogP contribution >= 0.6 is 11.6 Å². The summed E-state index contributed by atoms with van der Waals surface area (Å²) in [4.78, 5) is 13.9. The Morgan fingerprint density at radius 3 is 2.59 bits per heavy atom. The predicted octanol–water partition coefficient (Wildman–Crippen LogP) is 5.22. The van der Waals surface area contributed by atoms with E-state index in [9.17, 15) is 5.11 Å². The van der Waals surface area contributed by atoms with Crippen LogP contribution in [0.15, 0.2) is 42.5 Å². The maximum absolute atomic E-state index is 16.6. The molecule has 7 nitrogen and oxygen atoms in total. The van der Waals surface area contributed by atoms with Gasteiger partial charge in [0.25, 0.3) is 0 Å². The number of halogens is 2. The molecule has 202 valence electrons. The van der Waals surface area contributed by atoms with Gasteiger partial charge >= 0.3 is 6.01 Å². The molecule has 0 aliphatic carbocycles. The zero-order valence-electron chi connectivity index (χ0n) is 22.0. The average Bonchev–Trinajstić information content (AvgIpc) is 3.23. The van der Waals surface area contributed by atoms with Crippen molar-refractivity contribution in [1.29, 1.82) is 0 Å². The van der Waals surface area contributed by atoms with Crippen molar-refractivity contribution >= 4 is 39.1 Å². The summed E-state index contributed by atoms with van der Waals surface area (Å²) in [6.07, 6.45) is 2.23. The van der Waals surface area contributed by atoms with Gasteiger partial charge in [-0.05, 0) is 54.4 Å². The van der Waals surface area contributed by atoms with Crippen molar-refractivity contribution in [3.05, 3.63) is 53.3 Å². The molecule has 0 saturated carbocycles. The summed E-state index contributed by atoms with van der Waals surface area (Å²) in [6, 6.07) is 13.5. The van der Waals surface area contributed by atoms with Crippen LogP contribution in [0.4, 0.5) is 10.2 Å². The van der Waals surface area contributed by atoms with Crippen LogP contribution in [0.25, 0.3) is 32.8 Å². The minimum absolute atomic E-state index is 0.00552. The number of aromatic nitrogens is 2. The van der Waals surface area contributed by atoms with E-state index in [0.29, 0.717) is 35.5 Å². The standard InChI is InChI=1S/C30H31ClFN5O2/c1-30(14-36(2)15-30)16-39-29-34-27-23(28(35-29)37-12-18-7-8-19(13-37)33-18)11-24(31)25(26(27)32)22-10-20(38)9-17-5-3-4-6-21(17)22/h3-6,9-11,18-19,33,38H,7-8,12-16H2,1-2H3. The van der Waals surface area contributed by atoms with Gasteiger partial charge in [0.05, 0.1) is 11.6 Å². The molecule has 2 bridgehead atoms. The van der Waals surface area contributed by atoms with Gasteiger partial charge in [0.15, 0.2) is 5.82 Å². The SMILES string of the molecule is CN1CC(C)(COc2nc(N3CC4CCC(C3)N4)c3cc(Cl)c(-c4cc(O)cc5ccccc45)c(F)c3n2)C1. The Labute approximate surface area is 231 Å². The first-order chi connectivity index (χ1) is 18.8. The van der Waals surface area contributed by atoms with E-state index in [1.54, 1.807) is 18.2 Å². The summed E-state index contributed by atoms with van der Waals surface area (Å²) in [7, 11) is 2.08. The number of anilines is 1. The highest BCUT2D eigenvalue weighted by Crippen LogP contribution is 2.43. The van der Waals surface area contributed by atoms with Gasteiger partial charge in [-0.2, -0.15) is 9.97 Å². The molecule has 9 heteroatoms. The fraction of sp³-hybridized carbons (Fsp3) is 0.400. The lowest BCUT2D eigenvalue weighted by atomic mass is 9.83. The van der Waals surface area contributed by atoms with Crippen LogP contribution in [0.2, 0.25) is 5.02 Å². The lowest BCUT2D eigenvalue weighted by Crippen LogP contribution is -2.55. The molecule has 0 amide bonds. The van der Waals surface area contributed by atoms with Crippen LogP contribution in [0, 0.1) is 11.2 Å². The number of fused-ring (bicyclic) bond motifs is 4. The van der Waals surface area contributed by atoms with E-state index in [-0.39, 0.29) is 33.3 Å². The van der Waals surface area contributed by atoms with Crippen molar-refractivity contribution in [3.8, 4) is 22.9 Å². The molecule has 0 spiro atoms. The molecule has 3 aliphatic rings. The molecule has 1 aromatic heterocycles. The number of ether oxygens (including phenoxy) is 1. The largest absolute Gasteiger partial charge is 0.508 e. The minimum Gasteiger partial charge on any atom is -0.508 e. The lowest BCUT2D eigenvalue weighted by molar-refractivity contribution is -0.00390. The Morgan fingerprint density at radius 2 is 1.85 bits per heavy atom. The second-order valence-electron chi connectivity index (χ2n) is 11.8. The van der Waals surface area contributed by atoms with E-state index in [1.807, 2.05) is 24.3 Å². The number of nitrogens with one attached hydrogen (secondary N) is 1. The predicted molar refractivity (Wildman–Crippen MR) is 152 cm³/mol. The van der Waals surface area contributed by atoms with Gasteiger partial charge in [0, 0.05) is 54.6 Å². The molecule has 4 heterocycles. The second kappa shape index (κ2) is 9.18. The Bertz CT molecular complexity index is 1600. The first kappa shape index (κ1) is 24.8. The smallest absolute Gasteiger partial charge is 0.319 e. The maximum atomic E-state index is 16.6. The molecule has 3 saturated heterocycles. The summed E-state index contributed by atoms with van der Waals surface area (Å²) >= 11 is 6.83. The van der Waals surface area contributed by atoms with Gasteiger partial charge in [-0.15, -0.1) is 0 Å². The Hall–Kier alpha value is -3.20. The van der Waals surface area contributed by atoms with Crippen LogP contribution in [-0.2, 0) is 0 Å². The summed E-state index contributed by atoms with van der Waals surface area (Å²) in [5.41, 5.74) is 0.900. The average molecular weight is 548 g/mol. The van der Waals surface area contributed by atoms with Crippen LogP contribution < -0.4 is 15.0 Å². The molecule has 3 aromatic carbocycles. The van der Waals surface area contributed by atoms with Gasteiger partial charge in [-0.3, -0.25) is 0 Å². The number of phenols is 1. The number of likely N-dealkylation sites (tertiary alicyclic amines) is 1. The van der Waals surface area contributed by atoms with Crippen LogP contribution in [0.5, 0.6) is 11.8 Å². The van der Waals surface area contributed by atoms with Gasteiger partial charge in [-0.25, -0.2) is 4.39 Å². The van der Waals surface area contributed by atoms with Crippen LogP contribution in [0.3, 0.4) is 0 Å². The third kappa shape index (κ3) is 4.35. The van der Waals surface area contributed by atoms with Gasteiger partial charge in [0.2, 0.25) is 0 Å². The number of phenolic OH excluding ortho intramolecular Hbond substituents is 1.